The SMILES string of the molecule is CN(C)C(=O)/C=C/CN1CCC(Oc2ccc(/C(=C(/CC(F)(F)F)c3ccccc3)c3ccc(NC4CCCCO4)c(C(=N)F)c3)cn2)CC1. The number of aromatic nitrogens is 1. The van der Waals surface area contributed by atoms with E-state index in [0.29, 0.717) is 47.8 Å². The number of hydrogen-bond acceptors (Lipinski definition) is 7. The van der Waals surface area contributed by atoms with Crippen LogP contribution in [-0.4, -0.2) is 85.5 Å². The summed E-state index contributed by atoms with van der Waals surface area (Å²) in [5.41, 5.74) is 1.54. The number of benzene rings is 2. The molecule has 3 heterocycles. The van der Waals surface area contributed by atoms with Gasteiger partial charge in [-0.2, -0.15) is 17.6 Å². The number of piperidine rings is 1. The molecule has 1 aromatic heterocycles. The van der Waals surface area contributed by atoms with Crippen molar-refractivity contribution >= 4 is 28.7 Å². The lowest BCUT2D eigenvalue weighted by Crippen LogP contribution is -2.38. The minimum Gasteiger partial charge on any atom is -0.474 e. The average Bonchev–Trinajstić information content (AvgIpc) is 3.10. The number of pyridine rings is 1. The summed E-state index contributed by atoms with van der Waals surface area (Å²) in [5.74, 6) is -0.933. The minimum atomic E-state index is -4.55. The molecule has 2 fully saturated rings. The zero-order valence-electron chi connectivity index (χ0n) is 28.3. The number of ether oxygens (including phenoxy) is 2. The minimum absolute atomic E-state index is 0.00469. The molecular formula is C38H43F4N5O3. The van der Waals surface area contributed by atoms with Crippen LogP contribution in [0.1, 0.15) is 60.8 Å². The first-order valence-corrected chi connectivity index (χ1v) is 16.8. The number of halogens is 4. The molecule has 2 N–H and O–H groups in total. The third-order valence-electron chi connectivity index (χ3n) is 8.75. The van der Waals surface area contributed by atoms with Gasteiger partial charge in [0, 0.05) is 69.9 Å². The fourth-order valence-electron chi connectivity index (χ4n) is 6.15. The number of amides is 1. The van der Waals surface area contributed by atoms with E-state index < -0.39 is 18.6 Å². The van der Waals surface area contributed by atoms with Crippen molar-refractivity contribution < 1.29 is 31.8 Å². The van der Waals surface area contributed by atoms with Gasteiger partial charge in [0.05, 0.1) is 12.0 Å². The predicted molar refractivity (Wildman–Crippen MR) is 187 cm³/mol. The van der Waals surface area contributed by atoms with Crippen molar-refractivity contribution in [3.05, 3.63) is 101 Å². The van der Waals surface area contributed by atoms with E-state index in [9.17, 15) is 22.4 Å². The molecule has 0 radical (unpaired) electrons. The smallest absolute Gasteiger partial charge is 0.393 e. The summed E-state index contributed by atoms with van der Waals surface area (Å²) < 4.78 is 69.3. The van der Waals surface area contributed by atoms with Crippen molar-refractivity contribution in [3.63, 3.8) is 0 Å². The molecule has 12 heteroatoms. The Morgan fingerprint density at radius 1 is 1.04 bits per heavy atom. The predicted octanol–water partition coefficient (Wildman–Crippen LogP) is 7.71. The molecular weight excluding hydrogens is 650 g/mol. The van der Waals surface area contributed by atoms with E-state index in [0.717, 1.165) is 38.8 Å². The first-order valence-electron chi connectivity index (χ1n) is 16.8. The largest absolute Gasteiger partial charge is 0.474 e. The summed E-state index contributed by atoms with van der Waals surface area (Å²) >= 11 is 0. The van der Waals surface area contributed by atoms with E-state index in [-0.39, 0.29) is 34.9 Å². The van der Waals surface area contributed by atoms with E-state index in [2.05, 4.69) is 15.2 Å². The van der Waals surface area contributed by atoms with Gasteiger partial charge in [0.25, 0.3) is 0 Å². The first kappa shape index (κ1) is 36.7. The highest BCUT2D eigenvalue weighted by Crippen LogP contribution is 2.40. The van der Waals surface area contributed by atoms with Crippen LogP contribution in [0.5, 0.6) is 5.88 Å². The Labute approximate surface area is 290 Å². The maximum Gasteiger partial charge on any atom is 0.393 e. The zero-order chi connectivity index (χ0) is 35.7. The Morgan fingerprint density at radius 2 is 1.78 bits per heavy atom. The van der Waals surface area contributed by atoms with Gasteiger partial charge in [0.1, 0.15) is 12.3 Å². The fraction of sp³-hybridized carbons (Fsp3) is 0.395. The van der Waals surface area contributed by atoms with Crippen LogP contribution in [0.3, 0.4) is 0 Å². The topological polar surface area (TPSA) is 90.8 Å². The Hall–Kier alpha value is -4.55. The normalized spacial score (nSPS) is 18.1. The van der Waals surface area contributed by atoms with E-state index in [1.165, 1.54) is 17.2 Å². The quantitative estimate of drug-likeness (QED) is 0.0875. The van der Waals surface area contributed by atoms with Gasteiger partial charge >= 0.3 is 6.18 Å². The van der Waals surface area contributed by atoms with Crippen LogP contribution < -0.4 is 10.1 Å². The van der Waals surface area contributed by atoms with Crippen molar-refractivity contribution in [1.29, 1.82) is 5.41 Å². The molecule has 2 aliphatic rings. The van der Waals surface area contributed by atoms with E-state index >= 15 is 0 Å². The standard InChI is InChI=1S/C38H43F4N5O3/c1-46(2)35(48)12-8-19-47-20-17-29(18-21-47)50-33-16-14-28(25-44-33)36(31(24-38(40,41)42)26-9-4-3-5-10-26)27-13-15-32(30(23-27)37(39)43)45-34-11-6-7-22-49-34/h3-5,8-10,12-16,23,25,29,34,43,45H,6-7,11,17-22,24H2,1-2H3/b12-8+,36-31-,43-37?. The van der Waals surface area contributed by atoms with Crippen molar-refractivity contribution in [2.24, 2.45) is 0 Å². The molecule has 0 aliphatic carbocycles. The van der Waals surface area contributed by atoms with Crippen LogP contribution in [0.4, 0.5) is 23.2 Å². The molecule has 0 saturated carbocycles. The number of hydrogen-bond donors (Lipinski definition) is 2. The summed E-state index contributed by atoms with van der Waals surface area (Å²) in [5, 5.41) is 11.0. The molecule has 1 atom stereocenters. The van der Waals surface area contributed by atoms with Crippen molar-refractivity contribution in [1.82, 2.24) is 14.8 Å². The molecule has 266 valence electrons. The van der Waals surface area contributed by atoms with Crippen LogP contribution in [0.15, 0.2) is 79.0 Å². The molecule has 2 saturated heterocycles. The molecule has 1 unspecified atom stereocenters. The molecule has 0 spiro atoms. The molecule has 1 amide bonds. The number of rotatable bonds is 12. The maximum absolute atomic E-state index is 14.8. The fourth-order valence-corrected chi connectivity index (χ4v) is 6.15. The second-order valence-electron chi connectivity index (χ2n) is 12.7. The van der Waals surface area contributed by atoms with E-state index in [1.54, 1.807) is 74.8 Å². The molecule has 2 aromatic carbocycles. The van der Waals surface area contributed by atoms with Gasteiger partial charge in [-0.25, -0.2) is 4.98 Å². The van der Waals surface area contributed by atoms with Crippen LogP contribution in [0.25, 0.3) is 11.1 Å². The van der Waals surface area contributed by atoms with Crippen molar-refractivity contribution in [3.8, 4) is 5.88 Å². The van der Waals surface area contributed by atoms with Gasteiger partial charge in [0.15, 0.2) is 0 Å². The summed E-state index contributed by atoms with van der Waals surface area (Å²) in [7, 11) is 3.41. The lowest BCUT2D eigenvalue weighted by molar-refractivity contribution is -0.124. The van der Waals surface area contributed by atoms with E-state index in [4.69, 9.17) is 14.9 Å². The van der Waals surface area contributed by atoms with Crippen LogP contribution >= 0.6 is 0 Å². The number of allylic oxidation sites excluding steroid dienone is 1. The van der Waals surface area contributed by atoms with Gasteiger partial charge in [-0.3, -0.25) is 15.1 Å². The highest BCUT2D eigenvalue weighted by atomic mass is 19.4. The van der Waals surface area contributed by atoms with Crippen LogP contribution in [0.2, 0.25) is 0 Å². The molecule has 5 rings (SSSR count). The lowest BCUT2D eigenvalue weighted by atomic mass is 9.87. The van der Waals surface area contributed by atoms with Crippen molar-refractivity contribution in [2.75, 3.05) is 45.7 Å². The van der Waals surface area contributed by atoms with Crippen LogP contribution in [-0.2, 0) is 9.53 Å². The molecule has 50 heavy (non-hydrogen) atoms. The monoisotopic (exact) mass is 693 g/mol. The second-order valence-corrected chi connectivity index (χ2v) is 12.7. The first-order chi connectivity index (χ1) is 24.0. The molecule has 0 bridgehead atoms. The lowest BCUT2D eigenvalue weighted by Gasteiger charge is -2.31. The van der Waals surface area contributed by atoms with Gasteiger partial charge in [0.2, 0.25) is 17.8 Å². The number of nitrogens with zero attached hydrogens (tertiary/aromatic N) is 3. The summed E-state index contributed by atoms with van der Waals surface area (Å²) in [6.45, 7) is 2.77. The zero-order valence-corrected chi connectivity index (χ0v) is 28.3. The number of anilines is 1. The Balaban J connectivity index is 1.43. The average molecular weight is 694 g/mol. The molecule has 2 aliphatic heterocycles. The molecule has 8 nitrogen and oxygen atoms in total. The van der Waals surface area contributed by atoms with E-state index in [1.807, 2.05) is 6.08 Å². The Kier molecular flexibility index (Phi) is 12.4. The van der Waals surface area contributed by atoms with Crippen molar-refractivity contribution in [2.45, 2.75) is 57.0 Å². The third-order valence-corrected chi connectivity index (χ3v) is 8.75. The Morgan fingerprint density at radius 3 is 2.40 bits per heavy atom. The summed E-state index contributed by atoms with van der Waals surface area (Å²) in [6.07, 6.45) is 2.74. The van der Waals surface area contributed by atoms with Gasteiger partial charge in [-0.05, 0) is 72.6 Å². The number of nitrogens with one attached hydrogen (secondary N) is 2. The number of carbonyl (C=O) groups excluding carboxylic acids is 1. The highest BCUT2D eigenvalue weighted by molar-refractivity contribution is 6.02. The number of likely N-dealkylation sites (N-methyl/N-ethyl adjacent to an activating group) is 1. The number of alkyl halides is 3. The Bertz CT molecular complexity index is 1660. The third kappa shape index (κ3) is 10.2. The maximum atomic E-state index is 14.8. The molecule has 3 aromatic rings. The van der Waals surface area contributed by atoms with Gasteiger partial charge in [-0.15, -0.1) is 0 Å². The van der Waals surface area contributed by atoms with Gasteiger partial charge < -0.3 is 19.7 Å². The number of carbonyl (C=O) groups is 1. The second kappa shape index (κ2) is 16.9. The summed E-state index contributed by atoms with van der Waals surface area (Å²) in [6, 6.07) is 16.2. The van der Waals surface area contributed by atoms with Crippen LogP contribution in [0, 0.1) is 5.41 Å². The van der Waals surface area contributed by atoms with Gasteiger partial charge in [-0.1, -0.05) is 42.5 Å². The number of likely N-dealkylation sites (tertiary alicyclic amines) is 1. The highest BCUT2D eigenvalue weighted by Gasteiger charge is 2.32. The summed E-state index contributed by atoms with van der Waals surface area (Å²) in [4.78, 5) is 20.0.